The molecule has 6 heteroatoms. The van der Waals surface area contributed by atoms with Gasteiger partial charge in [0.05, 0.1) is 21.7 Å². The Labute approximate surface area is 607 Å². The third-order valence-corrected chi connectivity index (χ3v) is 29.0. The number of carbonyl (C=O) groups is 2. The molecule has 2 nitrogen and oxygen atoms in total. The Balaban J connectivity index is 0.000000226. The van der Waals surface area contributed by atoms with Crippen molar-refractivity contribution >= 4 is 58.0 Å². The monoisotopic (exact) mass is 1380 g/mol. The fourth-order valence-corrected chi connectivity index (χ4v) is 21.7. The molecular formula is C90H132Cl4O2. The number of Topliss-reactive ketones (excluding diaryl/α,β-unsaturated/α-hetero) is 2. The van der Waals surface area contributed by atoms with Crippen molar-refractivity contribution in [3.8, 4) is 0 Å². The second-order valence-corrected chi connectivity index (χ2v) is 35.0. The Morgan fingerprint density at radius 3 is 0.562 bits per heavy atom. The largest absolute Gasteiger partial charge is 0.298 e. The van der Waals surface area contributed by atoms with Gasteiger partial charge in [0.15, 0.2) is 11.6 Å². The summed E-state index contributed by atoms with van der Waals surface area (Å²) in [4.78, 5) is 28.3. The maximum atomic E-state index is 14.2. The molecule has 0 N–H and O–H groups in total. The number of unbranched alkanes of at least 4 members (excludes halogenated alkanes) is 26. The van der Waals surface area contributed by atoms with Gasteiger partial charge in [0.25, 0.3) is 0 Å². The molecule has 0 aromatic heterocycles. The number of hydrogen-bond acceptors (Lipinski definition) is 2. The van der Waals surface area contributed by atoms with Crippen molar-refractivity contribution in [2.75, 3.05) is 0 Å². The fraction of sp³-hybridized carbons (Fsp3) is 0.711. The lowest BCUT2D eigenvalue weighted by molar-refractivity contribution is -0.171. The van der Waals surface area contributed by atoms with Gasteiger partial charge in [-0.2, -0.15) is 0 Å². The quantitative estimate of drug-likeness (QED) is 0.0331. The van der Waals surface area contributed by atoms with Crippen LogP contribution in [0.2, 0.25) is 0 Å². The number of ketones is 2. The molecule has 6 aliphatic rings. The van der Waals surface area contributed by atoms with Crippen molar-refractivity contribution in [3.05, 3.63) is 142 Å². The summed E-state index contributed by atoms with van der Waals surface area (Å²) in [6.07, 6.45) is 60.3. The van der Waals surface area contributed by atoms with E-state index in [-0.39, 0.29) is 0 Å². The van der Waals surface area contributed by atoms with Gasteiger partial charge in [-0.1, -0.05) is 338 Å². The first-order chi connectivity index (χ1) is 46.7. The molecule has 0 saturated heterocycles. The zero-order valence-electron chi connectivity index (χ0n) is 61.2. The lowest BCUT2D eigenvalue weighted by atomic mass is 9.42. The lowest BCUT2D eigenvalue weighted by Gasteiger charge is -2.67. The van der Waals surface area contributed by atoms with Crippen LogP contribution in [0.3, 0.4) is 0 Å². The zero-order valence-corrected chi connectivity index (χ0v) is 64.3. The van der Waals surface area contributed by atoms with Gasteiger partial charge in [0.1, 0.15) is 8.67 Å². The number of halogens is 4. The lowest BCUT2D eigenvalue weighted by Crippen LogP contribution is -2.74. The molecule has 4 aromatic rings. The van der Waals surface area contributed by atoms with Gasteiger partial charge >= 0.3 is 0 Å². The smallest absolute Gasteiger partial charge is 0.151 e. The topological polar surface area (TPSA) is 34.1 Å². The normalized spacial score (nSPS) is 26.6. The van der Waals surface area contributed by atoms with Gasteiger partial charge in [-0.05, 0) is 222 Å². The van der Waals surface area contributed by atoms with E-state index in [0.29, 0.717) is 35.2 Å². The third-order valence-electron chi connectivity index (χ3n) is 26.1. The van der Waals surface area contributed by atoms with Gasteiger partial charge < -0.3 is 0 Å². The molecule has 0 unspecified atom stereocenters. The summed E-state index contributed by atoms with van der Waals surface area (Å²) < 4.78 is -1.87. The molecule has 4 spiro atoms. The van der Waals surface area contributed by atoms with E-state index < -0.39 is 30.3 Å². The van der Waals surface area contributed by atoms with Crippen LogP contribution in [0.25, 0.3) is 0 Å². The molecule has 0 atom stereocenters. The number of aryl methyl sites for hydroxylation is 4. The summed E-state index contributed by atoms with van der Waals surface area (Å²) in [5, 5.41) is 0. The molecule has 6 saturated carbocycles. The zero-order chi connectivity index (χ0) is 67.8. The first kappa shape index (κ1) is 77.5. The van der Waals surface area contributed by atoms with Crippen LogP contribution in [0.15, 0.2) is 97.1 Å². The van der Waals surface area contributed by atoms with Gasteiger partial charge in [-0.15, -0.1) is 0 Å². The van der Waals surface area contributed by atoms with Crippen molar-refractivity contribution in [1.82, 2.24) is 0 Å². The molecule has 0 aliphatic heterocycles. The van der Waals surface area contributed by atoms with E-state index in [1.807, 2.05) is 0 Å². The predicted octanol–water partition coefficient (Wildman–Crippen LogP) is 28.8. The SMILES string of the molecule is CCCCCCCCCCc1ccc(C2CCC3(CC2)C(=O)C2(CCC(c4ccc(CCCCCCCCCC)cc4)CC2)C3(Cl)Cl)cc1.CCCCCCCCCc1ccc(C2CCC3(CC2)C(=O)C2(CCC(c4ccc(CCCCCCCCC)cc4)CC2)C3(Cl)Cl)cc1. The average Bonchev–Trinajstić information content (AvgIpc) is 0.673. The average molecular weight is 1390 g/mol. The number of carbonyl (C=O) groups excluding carboxylic acids is 2. The van der Waals surface area contributed by atoms with Gasteiger partial charge in [-0.3, -0.25) is 9.59 Å². The highest BCUT2D eigenvalue weighted by molar-refractivity contribution is 6.55. The Morgan fingerprint density at radius 2 is 0.406 bits per heavy atom. The molecule has 532 valence electrons. The second kappa shape index (κ2) is 38.6. The minimum absolute atomic E-state index is 0.391. The van der Waals surface area contributed by atoms with E-state index in [2.05, 4.69) is 125 Å². The minimum atomic E-state index is -0.938. The molecule has 0 heterocycles. The van der Waals surface area contributed by atoms with E-state index in [1.165, 1.54) is 263 Å². The van der Waals surface area contributed by atoms with Crippen LogP contribution < -0.4 is 0 Å². The molecule has 6 fully saturated rings. The summed E-state index contributed by atoms with van der Waals surface area (Å²) in [7, 11) is 0. The van der Waals surface area contributed by atoms with E-state index >= 15 is 0 Å². The summed E-state index contributed by atoms with van der Waals surface area (Å²) in [5.74, 6) is 2.80. The van der Waals surface area contributed by atoms with Crippen LogP contribution in [0.4, 0.5) is 0 Å². The molecule has 0 bridgehead atoms. The van der Waals surface area contributed by atoms with Gasteiger partial charge in [-0.25, -0.2) is 0 Å². The van der Waals surface area contributed by atoms with Crippen LogP contribution >= 0.6 is 46.4 Å². The van der Waals surface area contributed by atoms with E-state index in [4.69, 9.17) is 46.4 Å². The maximum absolute atomic E-state index is 14.2. The predicted molar refractivity (Wildman–Crippen MR) is 415 cm³/mol. The minimum Gasteiger partial charge on any atom is -0.298 e. The highest BCUT2D eigenvalue weighted by Gasteiger charge is 2.80. The third kappa shape index (κ3) is 18.8. The van der Waals surface area contributed by atoms with Crippen LogP contribution in [-0.4, -0.2) is 20.2 Å². The summed E-state index contributed by atoms with van der Waals surface area (Å²) in [6, 6.07) is 37.6. The van der Waals surface area contributed by atoms with Crippen molar-refractivity contribution in [3.63, 3.8) is 0 Å². The number of alkyl halides is 4. The molecule has 0 amide bonds. The van der Waals surface area contributed by atoms with Gasteiger partial charge in [0, 0.05) is 0 Å². The van der Waals surface area contributed by atoms with Crippen molar-refractivity contribution in [2.45, 2.75) is 381 Å². The number of benzene rings is 4. The standard InChI is InChI=1S/C46H68Cl2O.C44H64Cl2O/c1-3-5-7-9-11-13-15-17-19-37-21-25-39(26-22-37)41-29-33-44(34-30-41)43(49)45(46(44,47)48)35-31-42(32-36-45)40-27-23-38(24-28-40)20-18-16-14-12-10-8-6-4-2;1-3-5-7-9-11-13-15-17-35-19-23-37(24-20-35)39-27-31-42(32-28-39)41(47)43(44(42,45)46)33-29-40(30-34-43)38-25-21-36(22-26-38)18-16-14-12-10-8-6-4-2/h21-28,41-42H,3-20,29-36H2,1-2H3;19-26,39-40H,3-18,27-34H2,1-2H3. The van der Waals surface area contributed by atoms with Crippen LogP contribution in [0.1, 0.15) is 391 Å². The summed E-state index contributed by atoms with van der Waals surface area (Å²) in [6.45, 7) is 9.13. The van der Waals surface area contributed by atoms with Crippen molar-refractivity contribution in [1.29, 1.82) is 0 Å². The Hall–Kier alpha value is -2.62. The molecule has 0 radical (unpaired) electrons. The maximum Gasteiger partial charge on any atom is 0.151 e. The van der Waals surface area contributed by atoms with E-state index in [0.717, 1.165) is 103 Å². The highest BCUT2D eigenvalue weighted by Crippen LogP contribution is 2.76. The molecule has 6 aliphatic carbocycles. The Kier molecular flexibility index (Phi) is 31.2. The highest BCUT2D eigenvalue weighted by atomic mass is 35.5. The molecular weight excluding hydrogens is 1250 g/mol. The van der Waals surface area contributed by atoms with Gasteiger partial charge in [0.2, 0.25) is 0 Å². The van der Waals surface area contributed by atoms with Crippen molar-refractivity contribution < 1.29 is 9.59 Å². The fourth-order valence-electron chi connectivity index (χ4n) is 19.5. The summed E-state index contributed by atoms with van der Waals surface area (Å²) in [5.41, 5.74) is 9.35. The number of hydrogen-bond donors (Lipinski definition) is 0. The Morgan fingerprint density at radius 1 is 0.250 bits per heavy atom. The van der Waals surface area contributed by atoms with Crippen LogP contribution in [-0.2, 0) is 35.3 Å². The van der Waals surface area contributed by atoms with Crippen LogP contribution in [0.5, 0.6) is 0 Å². The first-order valence-corrected chi connectivity index (χ1v) is 42.5. The molecule has 96 heavy (non-hydrogen) atoms. The summed E-state index contributed by atoms with van der Waals surface area (Å²) >= 11 is 29.4. The first-order valence-electron chi connectivity index (χ1n) is 40.9. The second-order valence-electron chi connectivity index (χ2n) is 32.4. The molecule has 10 rings (SSSR count). The Bertz CT molecular complexity index is 2660. The van der Waals surface area contributed by atoms with E-state index in [1.54, 1.807) is 0 Å². The number of rotatable bonds is 38. The van der Waals surface area contributed by atoms with Crippen molar-refractivity contribution in [2.24, 2.45) is 21.7 Å². The van der Waals surface area contributed by atoms with Crippen LogP contribution in [0, 0.1) is 21.7 Å². The molecule has 4 aromatic carbocycles. The van der Waals surface area contributed by atoms with E-state index in [9.17, 15) is 9.59 Å².